The Morgan fingerprint density at radius 1 is 1.00 bits per heavy atom. The molecular weight excluding hydrogens is 410 g/mol. The number of carbonyl (C=O) groups is 5. The van der Waals surface area contributed by atoms with Gasteiger partial charge in [-0.3, -0.25) is 24.5 Å². The number of imide groups is 1. The zero-order chi connectivity index (χ0) is 21.8. The summed E-state index contributed by atoms with van der Waals surface area (Å²) in [5.41, 5.74) is 0. The second kappa shape index (κ2) is 12.7. The predicted octanol–water partition coefficient (Wildman–Crippen LogP) is 1.92. The summed E-state index contributed by atoms with van der Waals surface area (Å²) in [6.07, 6.45) is 5.06. The number of rotatable bonds is 10. The van der Waals surface area contributed by atoms with Crippen LogP contribution in [-0.2, 0) is 19.1 Å². The van der Waals surface area contributed by atoms with Crippen molar-refractivity contribution in [3.05, 3.63) is 22.4 Å². The van der Waals surface area contributed by atoms with Crippen molar-refractivity contribution in [2.24, 2.45) is 0 Å². The average molecular weight is 438 g/mol. The lowest BCUT2D eigenvalue weighted by atomic mass is 9.96. The first kappa shape index (κ1) is 23.5. The molecule has 3 N–H and O–H groups in total. The number of nitrogens with one attached hydrogen (secondary N) is 3. The van der Waals surface area contributed by atoms with Gasteiger partial charge < -0.3 is 15.4 Å². The van der Waals surface area contributed by atoms with Gasteiger partial charge in [-0.1, -0.05) is 25.3 Å². The number of thiophene rings is 1. The van der Waals surface area contributed by atoms with Crippen molar-refractivity contribution in [2.75, 3.05) is 13.2 Å². The average Bonchev–Trinajstić information content (AvgIpc) is 3.26. The van der Waals surface area contributed by atoms with E-state index in [-0.39, 0.29) is 43.5 Å². The van der Waals surface area contributed by atoms with Crippen LogP contribution < -0.4 is 16.0 Å². The zero-order valence-corrected chi connectivity index (χ0v) is 17.6. The summed E-state index contributed by atoms with van der Waals surface area (Å²) in [7, 11) is 0. The highest BCUT2D eigenvalue weighted by Crippen LogP contribution is 2.17. The molecule has 1 fully saturated rings. The summed E-state index contributed by atoms with van der Waals surface area (Å²) in [4.78, 5) is 59.2. The highest BCUT2D eigenvalue weighted by atomic mass is 32.1. The standard InChI is InChI=1S/C20H27N3O6S/c24-15(16-7-4-12-30-16)8-9-17(25)21-11-10-19(27)29-13-18(26)23-20(28)22-14-5-2-1-3-6-14/h4,7,12,14H,1-3,5-6,8-11,13H2,(H,21,25)(H2,22,23,26,28). The van der Waals surface area contributed by atoms with Crippen LogP contribution in [0.15, 0.2) is 17.5 Å². The van der Waals surface area contributed by atoms with E-state index in [1.165, 1.54) is 11.3 Å². The number of esters is 1. The van der Waals surface area contributed by atoms with E-state index in [0.717, 1.165) is 32.1 Å². The maximum atomic E-state index is 11.8. The topological polar surface area (TPSA) is 131 Å². The van der Waals surface area contributed by atoms with E-state index in [0.29, 0.717) is 4.88 Å². The first-order valence-corrected chi connectivity index (χ1v) is 10.9. The van der Waals surface area contributed by atoms with Crippen molar-refractivity contribution in [1.82, 2.24) is 16.0 Å². The molecule has 0 aliphatic heterocycles. The molecule has 0 atom stereocenters. The Morgan fingerprint density at radius 3 is 2.47 bits per heavy atom. The van der Waals surface area contributed by atoms with Crippen molar-refractivity contribution >= 4 is 40.9 Å². The van der Waals surface area contributed by atoms with Crippen LogP contribution in [0.5, 0.6) is 0 Å². The van der Waals surface area contributed by atoms with E-state index < -0.39 is 24.5 Å². The molecular formula is C20H27N3O6S. The number of Topliss-reactive ketones (excluding diaryl/α,β-unsaturated/α-hetero) is 1. The number of ether oxygens (including phenoxy) is 1. The van der Waals surface area contributed by atoms with Crippen LogP contribution in [0.1, 0.15) is 61.0 Å². The molecule has 10 heteroatoms. The van der Waals surface area contributed by atoms with Crippen LogP contribution >= 0.6 is 11.3 Å². The summed E-state index contributed by atoms with van der Waals surface area (Å²) in [5, 5.41) is 9.18. The first-order chi connectivity index (χ1) is 14.4. The largest absolute Gasteiger partial charge is 0.456 e. The summed E-state index contributed by atoms with van der Waals surface area (Å²) in [5.74, 6) is -1.83. The van der Waals surface area contributed by atoms with Crippen LogP contribution in [0.25, 0.3) is 0 Å². The van der Waals surface area contributed by atoms with Crippen LogP contribution in [0, 0.1) is 0 Å². The van der Waals surface area contributed by atoms with Gasteiger partial charge in [0.15, 0.2) is 12.4 Å². The van der Waals surface area contributed by atoms with Gasteiger partial charge >= 0.3 is 12.0 Å². The maximum Gasteiger partial charge on any atom is 0.321 e. The lowest BCUT2D eigenvalue weighted by Gasteiger charge is -2.22. The Kier molecular flexibility index (Phi) is 9.99. The van der Waals surface area contributed by atoms with Crippen LogP contribution in [0.3, 0.4) is 0 Å². The minimum Gasteiger partial charge on any atom is -0.456 e. The molecule has 4 amide bonds. The number of carbonyl (C=O) groups excluding carboxylic acids is 5. The van der Waals surface area contributed by atoms with Gasteiger partial charge in [-0.05, 0) is 24.3 Å². The van der Waals surface area contributed by atoms with E-state index in [4.69, 9.17) is 4.74 Å². The molecule has 164 valence electrons. The molecule has 1 aliphatic rings. The van der Waals surface area contributed by atoms with Gasteiger partial charge in [0, 0.05) is 25.4 Å². The number of amides is 4. The molecule has 1 heterocycles. The molecule has 1 aromatic rings. The second-order valence-corrected chi connectivity index (χ2v) is 7.97. The Labute approximate surface area is 178 Å². The molecule has 0 radical (unpaired) electrons. The molecule has 9 nitrogen and oxygen atoms in total. The molecule has 2 rings (SSSR count). The van der Waals surface area contributed by atoms with Crippen molar-refractivity contribution in [2.45, 2.75) is 57.4 Å². The van der Waals surface area contributed by atoms with Crippen LogP contribution in [0.2, 0.25) is 0 Å². The van der Waals surface area contributed by atoms with Gasteiger partial charge in [0.25, 0.3) is 5.91 Å². The Balaban J connectivity index is 1.51. The fraction of sp³-hybridized carbons (Fsp3) is 0.550. The molecule has 1 aromatic heterocycles. The maximum absolute atomic E-state index is 11.8. The third-order valence-corrected chi connectivity index (χ3v) is 5.49. The summed E-state index contributed by atoms with van der Waals surface area (Å²) < 4.78 is 4.79. The number of hydrogen-bond donors (Lipinski definition) is 3. The van der Waals surface area contributed by atoms with Gasteiger partial charge in [0.2, 0.25) is 5.91 Å². The Morgan fingerprint density at radius 2 is 1.77 bits per heavy atom. The lowest BCUT2D eigenvalue weighted by molar-refractivity contribution is -0.148. The predicted molar refractivity (Wildman–Crippen MR) is 110 cm³/mol. The first-order valence-electron chi connectivity index (χ1n) is 10.0. The minimum absolute atomic E-state index is 0.0320. The van der Waals surface area contributed by atoms with Crippen molar-refractivity contribution in [3.63, 3.8) is 0 Å². The zero-order valence-electron chi connectivity index (χ0n) is 16.7. The molecule has 0 saturated heterocycles. The minimum atomic E-state index is -0.715. The highest BCUT2D eigenvalue weighted by molar-refractivity contribution is 7.12. The Hall–Kier alpha value is -2.75. The molecule has 0 bridgehead atoms. The molecule has 0 aromatic carbocycles. The molecule has 0 unspecified atom stereocenters. The fourth-order valence-electron chi connectivity index (χ4n) is 3.03. The van der Waals surface area contributed by atoms with Crippen LogP contribution in [0.4, 0.5) is 4.79 Å². The van der Waals surface area contributed by atoms with Crippen molar-refractivity contribution in [1.29, 1.82) is 0 Å². The smallest absolute Gasteiger partial charge is 0.321 e. The second-order valence-electron chi connectivity index (χ2n) is 7.02. The SMILES string of the molecule is O=C(CCC(=O)c1cccs1)NCCC(=O)OCC(=O)NC(=O)NC1CCCCC1. The van der Waals surface area contributed by atoms with Gasteiger partial charge in [-0.25, -0.2) is 4.79 Å². The van der Waals surface area contributed by atoms with Crippen LogP contribution in [-0.4, -0.2) is 48.8 Å². The van der Waals surface area contributed by atoms with E-state index in [2.05, 4.69) is 16.0 Å². The van der Waals surface area contributed by atoms with E-state index in [1.54, 1.807) is 17.5 Å². The highest BCUT2D eigenvalue weighted by Gasteiger charge is 2.17. The lowest BCUT2D eigenvalue weighted by Crippen LogP contribution is -2.46. The van der Waals surface area contributed by atoms with Crippen molar-refractivity contribution < 1.29 is 28.7 Å². The third kappa shape index (κ3) is 9.17. The summed E-state index contributed by atoms with van der Waals surface area (Å²) >= 11 is 1.32. The van der Waals surface area contributed by atoms with Gasteiger partial charge in [0.1, 0.15) is 0 Å². The van der Waals surface area contributed by atoms with Crippen molar-refractivity contribution in [3.8, 4) is 0 Å². The normalized spacial score (nSPS) is 13.9. The van der Waals surface area contributed by atoms with Gasteiger partial charge in [-0.15, -0.1) is 11.3 Å². The fourth-order valence-corrected chi connectivity index (χ4v) is 3.72. The third-order valence-electron chi connectivity index (χ3n) is 4.58. The quantitative estimate of drug-likeness (QED) is 0.379. The number of ketones is 1. The Bertz CT molecular complexity index is 744. The molecule has 1 saturated carbocycles. The van der Waals surface area contributed by atoms with Gasteiger partial charge in [-0.2, -0.15) is 0 Å². The number of hydrogen-bond acceptors (Lipinski definition) is 7. The monoisotopic (exact) mass is 437 g/mol. The van der Waals surface area contributed by atoms with E-state index in [9.17, 15) is 24.0 Å². The summed E-state index contributed by atoms with van der Waals surface area (Å²) in [6, 6.07) is 2.95. The number of urea groups is 1. The van der Waals surface area contributed by atoms with E-state index in [1.807, 2.05) is 0 Å². The molecule has 1 aliphatic carbocycles. The van der Waals surface area contributed by atoms with E-state index >= 15 is 0 Å². The molecule has 0 spiro atoms. The van der Waals surface area contributed by atoms with Gasteiger partial charge in [0.05, 0.1) is 11.3 Å². The summed E-state index contributed by atoms with van der Waals surface area (Å²) in [6.45, 7) is -0.533. The molecule has 30 heavy (non-hydrogen) atoms.